The van der Waals surface area contributed by atoms with E-state index in [0.717, 1.165) is 17.5 Å². The van der Waals surface area contributed by atoms with Crippen molar-refractivity contribution in [2.75, 3.05) is 13.1 Å². The SMILES string of the molecule is CC1(OC(=O)[C@H]2O[C@@H](O)[C@H](O)[C@@H](O)[C@@H]2O)CNCCc2ccc(Cl)cc21. The molecule has 8 nitrogen and oxygen atoms in total. The maximum atomic E-state index is 12.6. The molecule has 0 aliphatic carbocycles. The quantitative estimate of drug-likeness (QED) is 0.411. The number of rotatable bonds is 2. The molecule has 3 rings (SSSR count). The van der Waals surface area contributed by atoms with Crippen LogP contribution in [0.25, 0.3) is 0 Å². The van der Waals surface area contributed by atoms with Gasteiger partial charge in [0.15, 0.2) is 12.4 Å². The number of benzene rings is 1. The minimum Gasteiger partial charge on any atom is -0.451 e. The van der Waals surface area contributed by atoms with Gasteiger partial charge in [0.05, 0.1) is 0 Å². The van der Waals surface area contributed by atoms with Crippen molar-refractivity contribution in [3.63, 3.8) is 0 Å². The normalized spacial score (nSPS) is 37.5. The van der Waals surface area contributed by atoms with E-state index in [1.54, 1.807) is 19.1 Å². The van der Waals surface area contributed by atoms with E-state index in [4.69, 9.17) is 21.1 Å². The third kappa shape index (κ3) is 3.59. The van der Waals surface area contributed by atoms with Gasteiger partial charge >= 0.3 is 5.97 Å². The van der Waals surface area contributed by atoms with Gasteiger partial charge in [-0.3, -0.25) is 0 Å². The molecule has 144 valence electrons. The molecule has 0 saturated carbocycles. The van der Waals surface area contributed by atoms with Crippen LogP contribution in [0.5, 0.6) is 0 Å². The monoisotopic (exact) mass is 387 g/mol. The molecule has 1 aromatic rings. The van der Waals surface area contributed by atoms with Gasteiger partial charge in [0.1, 0.15) is 23.9 Å². The molecule has 5 N–H and O–H groups in total. The summed E-state index contributed by atoms with van der Waals surface area (Å²) >= 11 is 6.10. The molecule has 1 fully saturated rings. The Kier molecular flexibility index (Phi) is 5.55. The third-order valence-electron chi connectivity index (χ3n) is 4.82. The van der Waals surface area contributed by atoms with Gasteiger partial charge in [-0.25, -0.2) is 4.79 Å². The third-order valence-corrected chi connectivity index (χ3v) is 5.06. The Morgan fingerprint density at radius 1 is 1.27 bits per heavy atom. The second-order valence-electron chi connectivity index (χ2n) is 6.80. The molecule has 26 heavy (non-hydrogen) atoms. The maximum Gasteiger partial charge on any atom is 0.339 e. The van der Waals surface area contributed by atoms with Gasteiger partial charge in [-0.1, -0.05) is 17.7 Å². The number of carbonyl (C=O) groups excluding carboxylic acids is 1. The van der Waals surface area contributed by atoms with E-state index in [-0.39, 0.29) is 0 Å². The van der Waals surface area contributed by atoms with Gasteiger partial charge in [0, 0.05) is 17.1 Å². The minimum absolute atomic E-state index is 0.308. The molecular weight excluding hydrogens is 366 g/mol. The summed E-state index contributed by atoms with van der Waals surface area (Å²) in [6.07, 6.45) is -7.91. The number of esters is 1. The van der Waals surface area contributed by atoms with E-state index in [2.05, 4.69) is 5.32 Å². The highest BCUT2D eigenvalue weighted by Gasteiger charge is 2.48. The van der Waals surface area contributed by atoms with Crippen molar-refractivity contribution in [2.24, 2.45) is 0 Å². The number of fused-ring (bicyclic) bond motifs is 1. The van der Waals surface area contributed by atoms with Gasteiger partial charge in [-0.2, -0.15) is 0 Å². The summed E-state index contributed by atoms with van der Waals surface area (Å²) in [7, 11) is 0. The van der Waals surface area contributed by atoms with Crippen LogP contribution in [0.4, 0.5) is 0 Å². The topological polar surface area (TPSA) is 128 Å². The van der Waals surface area contributed by atoms with E-state index >= 15 is 0 Å². The minimum atomic E-state index is -1.81. The fraction of sp³-hybridized carbons (Fsp3) is 0.588. The lowest BCUT2D eigenvalue weighted by Crippen LogP contribution is -2.60. The first-order valence-corrected chi connectivity index (χ1v) is 8.71. The Morgan fingerprint density at radius 2 is 2.00 bits per heavy atom. The number of halogens is 1. The Balaban J connectivity index is 1.86. The number of aliphatic hydroxyl groups excluding tert-OH is 4. The van der Waals surface area contributed by atoms with Crippen molar-refractivity contribution in [1.29, 1.82) is 0 Å². The van der Waals surface area contributed by atoms with Crippen molar-refractivity contribution in [3.8, 4) is 0 Å². The van der Waals surface area contributed by atoms with E-state index in [9.17, 15) is 25.2 Å². The standard InChI is InChI=1S/C17H22ClNO7/c1-17(7-19-5-4-8-2-3-9(18)6-10(8)17)26-16(24)14-12(21)11(20)13(22)15(23)25-14/h2-3,6,11-15,19-23H,4-5,7H2,1H3/t11-,12-,13+,14-,15+,17?/m0/s1. The molecule has 2 heterocycles. The number of ether oxygens (including phenoxy) is 2. The average Bonchev–Trinajstić information content (AvgIpc) is 2.75. The van der Waals surface area contributed by atoms with Gasteiger partial charge in [0.2, 0.25) is 0 Å². The first-order valence-electron chi connectivity index (χ1n) is 8.33. The van der Waals surface area contributed by atoms with Crippen LogP contribution in [0.1, 0.15) is 18.1 Å². The zero-order valence-electron chi connectivity index (χ0n) is 14.1. The van der Waals surface area contributed by atoms with Crippen molar-refractivity contribution in [1.82, 2.24) is 5.32 Å². The summed E-state index contributed by atoms with van der Waals surface area (Å²) < 4.78 is 10.6. The Hall–Kier alpha value is -1.26. The highest BCUT2D eigenvalue weighted by Crippen LogP contribution is 2.33. The number of nitrogens with one attached hydrogen (secondary N) is 1. The summed E-state index contributed by atoms with van der Waals surface area (Å²) in [6.45, 7) is 2.70. The van der Waals surface area contributed by atoms with Crippen LogP contribution < -0.4 is 5.32 Å². The molecule has 1 saturated heterocycles. The first kappa shape index (κ1) is 19.5. The van der Waals surface area contributed by atoms with Crippen molar-refractivity contribution < 1.29 is 34.7 Å². The molecule has 1 unspecified atom stereocenters. The van der Waals surface area contributed by atoms with Crippen LogP contribution in [0.3, 0.4) is 0 Å². The summed E-state index contributed by atoms with van der Waals surface area (Å²) in [5.41, 5.74) is 0.605. The number of hydrogen-bond donors (Lipinski definition) is 5. The highest BCUT2D eigenvalue weighted by atomic mass is 35.5. The van der Waals surface area contributed by atoms with Crippen LogP contribution in [-0.2, 0) is 26.3 Å². The summed E-state index contributed by atoms with van der Waals surface area (Å²) in [5, 5.41) is 42.6. The van der Waals surface area contributed by atoms with Gasteiger partial charge in [-0.05, 0) is 37.6 Å². The fourth-order valence-corrected chi connectivity index (χ4v) is 3.50. The van der Waals surface area contributed by atoms with Crippen LogP contribution >= 0.6 is 11.6 Å². The lowest BCUT2D eigenvalue weighted by molar-refractivity contribution is -0.283. The Bertz CT molecular complexity index is 687. The molecular formula is C17H22ClNO7. The van der Waals surface area contributed by atoms with E-state index < -0.39 is 42.3 Å². The average molecular weight is 388 g/mol. The molecule has 0 amide bonds. The van der Waals surface area contributed by atoms with Crippen LogP contribution in [0.2, 0.25) is 5.02 Å². The van der Waals surface area contributed by atoms with Crippen LogP contribution in [0, 0.1) is 0 Å². The van der Waals surface area contributed by atoms with E-state index in [1.165, 1.54) is 0 Å². The highest BCUT2D eigenvalue weighted by molar-refractivity contribution is 6.30. The number of aliphatic hydroxyl groups is 4. The Labute approximate surface area is 155 Å². The number of carbonyl (C=O) groups is 1. The van der Waals surface area contributed by atoms with Gasteiger partial charge in [0.25, 0.3) is 0 Å². The molecule has 2 aliphatic rings. The van der Waals surface area contributed by atoms with E-state index in [0.29, 0.717) is 18.1 Å². The maximum absolute atomic E-state index is 12.6. The zero-order valence-corrected chi connectivity index (χ0v) is 14.9. The second-order valence-corrected chi connectivity index (χ2v) is 7.24. The van der Waals surface area contributed by atoms with Gasteiger partial charge < -0.3 is 35.2 Å². The lowest BCUT2D eigenvalue weighted by atomic mass is 9.90. The summed E-state index contributed by atoms with van der Waals surface area (Å²) in [6, 6.07) is 5.35. The van der Waals surface area contributed by atoms with Crippen molar-refractivity contribution in [3.05, 3.63) is 34.3 Å². The van der Waals surface area contributed by atoms with Crippen LogP contribution in [-0.4, -0.2) is 70.2 Å². The van der Waals surface area contributed by atoms with Crippen molar-refractivity contribution in [2.45, 2.75) is 49.7 Å². The molecule has 2 aliphatic heterocycles. The molecule has 0 bridgehead atoms. The molecule has 9 heteroatoms. The lowest BCUT2D eigenvalue weighted by Gasteiger charge is -2.39. The zero-order chi connectivity index (χ0) is 19.1. The molecule has 1 aromatic carbocycles. The number of hydrogen-bond acceptors (Lipinski definition) is 8. The molecule has 0 spiro atoms. The van der Waals surface area contributed by atoms with Crippen LogP contribution in [0.15, 0.2) is 18.2 Å². The second kappa shape index (κ2) is 7.40. The molecule has 6 atom stereocenters. The Morgan fingerprint density at radius 3 is 2.73 bits per heavy atom. The first-order chi connectivity index (χ1) is 12.2. The fourth-order valence-electron chi connectivity index (χ4n) is 3.33. The summed E-state index contributed by atoms with van der Waals surface area (Å²) in [4.78, 5) is 12.6. The smallest absolute Gasteiger partial charge is 0.339 e. The molecule has 0 aromatic heterocycles. The summed E-state index contributed by atoms with van der Waals surface area (Å²) in [5.74, 6) is -0.959. The van der Waals surface area contributed by atoms with E-state index in [1.807, 2.05) is 6.07 Å². The predicted octanol–water partition coefficient (Wildman–Crippen LogP) is -0.956. The largest absolute Gasteiger partial charge is 0.451 e. The van der Waals surface area contributed by atoms with Crippen molar-refractivity contribution >= 4 is 17.6 Å². The predicted molar refractivity (Wildman–Crippen MR) is 90.4 cm³/mol. The van der Waals surface area contributed by atoms with Gasteiger partial charge in [-0.15, -0.1) is 0 Å². The molecule has 0 radical (unpaired) electrons.